The SMILES string of the molecule is COC[C@@H](N=C1CCCc2ccccc21)C(C)(C)C. The molecule has 0 unspecified atom stereocenters. The topological polar surface area (TPSA) is 21.6 Å². The second-order valence-corrected chi connectivity index (χ2v) is 6.42. The summed E-state index contributed by atoms with van der Waals surface area (Å²) in [5.74, 6) is 0. The highest BCUT2D eigenvalue weighted by Crippen LogP contribution is 2.27. The number of aryl methyl sites for hydroxylation is 1. The highest BCUT2D eigenvalue weighted by molar-refractivity contribution is 6.02. The highest BCUT2D eigenvalue weighted by atomic mass is 16.5. The Kier molecular flexibility index (Phi) is 4.41. The van der Waals surface area contributed by atoms with Gasteiger partial charge in [-0.05, 0) is 35.8 Å². The normalized spacial score (nSPS) is 19.3. The predicted molar refractivity (Wildman–Crippen MR) is 81.0 cm³/mol. The van der Waals surface area contributed by atoms with Crippen LogP contribution >= 0.6 is 0 Å². The molecule has 0 amide bonds. The van der Waals surface area contributed by atoms with Crippen LogP contribution in [0.4, 0.5) is 0 Å². The zero-order chi connectivity index (χ0) is 13.9. The van der Waals surface area contributed by atoms with E-state index < -0.39 is 0 Å². The Morgan fingerprint density at radius 3 is 2.63 bits per heavy atom. The molecule has 0 radical (unpaired) electrons. The van der Waals surface area contributed by atoms with Crippen molar-refractivity contribution in [3.05, 3.63) is 35.4 Å². The molecular weight excluding hydrogens is 234 g/mol. The van der Waals surface area contributed by atoms with Crippen molar-refractivity contribution in [2.75, 3.05) is 13.7 Å². The predicted octanol–water partition coefficient (Wildman–Crippen LogP) is 3.87. The number of methoxy groups -OCH3 is 1. The molecule has 2 rings (SSSR count). The minimum atomic E-state index is 0.134. The monoisotopic (exact) mass is 259 g/mol. The molecule has 104 valence electrons. The lowest BCUT2D eigenvalue weighted by Gasteiger charge is -2.29. The molecule has 0 saturated heterocycles. The summed E-state index contributed by atoms with van der Waals surface area (Å²) in [6.07, 6.45) is 3.48. The van der Waals surface area contributed by atoms with E-state index in [-0.39, 0.29) is 11.5 Å². The molecule has 0 fully saturated rings. The number of rotatable bonds is 3. The van der Waals surface area contributed by atoms with Gasteiger partial charge in [-0.25, -0.2) is 0 Å². The van der Waals surface area contributed by atoms with Crippen molar-refractivity contribution in [1.29, 1.82) is 0 Å². The van der Waals surface area contributed by atoms with Crippen molar-refractivity contribution < 1.29 is 4.74 Å². The van der Waals surface area contributed by atoms with Crippen LogP contribution in [0.15, 0.2) is 29.3 Å². The summed E-state index contributed by atoms with van der Waals surface area (Å²) in [6.45, 7) is 7.38. The number of fused-ring (bicyclic) bond motifs is 1. The minimum absolute atomic E-state index is 0.134. The van der Waals surface area contributed by atoms with Crippen LogP contribution in [-0.4, -0.2) is 25.5 Å². The maximum absolute atomic E-state index is 5.35. The molecule has 19 heavy (non-hydrogen) atoms. The molecule has 0 heterocycles. The second kappa shape index (κ2) is 5.87. The maximum atomic E-state index is 5.35. The maximum Gasteiger partial charge on any atom is 0.0784 e. The highest BCUT2D eigenvalue weighted by Gasteiger charge is 2.25. The first-order valence-corrected chi connectivity index (χ1v) is 7.16. The van der Waals surface area contributed by atoms with E-state index in [1.54, 1.807) is 7.11 Å². The summed E-state index contributed by atoms with van der Waals surface area (Å²) < 4.78 is 5.35. The molecule has 1 aliphatic carbocycles. The van der Waals surface area contributed by atoms with Crippen LogP contribution in [-0.2, 0) is 11.2 Å². The van der Waals surface area contributed by atoms with Crippen LogP contribution in [0.25, 0.3) is 0 Å². The van der Waals surface area contributed by atoms with Gasteiger partial charge in [-0.3, -0.25) is 4.99 Å². The summed E-state index contributed by atoms with van der Waals surface area (Å²) in [5, 5.41) is 0. The Bertz CT molecular complexity index is 457. The van der Waals surface area contributed by atoms with Gasteiger partial charge in [0.1, 0.15) is 0 Å². The molecule has 1 aliphatic rings. The summed E-state index contributed by atoms with van der Waals surface area (Å²) >= 11 is 0. The third kappa shape index (κ3) is 3.44. The lowest BCUT2D eigenvalue weighted by Crippen LogP contribution is -2.31. The van der Waals surface area contributed by atoms with Gasteiger partial charge in [-0.2, -0.15) is 0 Å². The van der Waals surface area contributed by atoms with Crippen LogP contribution < -0.4 is 0 Å². The first-order chi connectivity index (χ1) is 9.02. The van der Waals surface area contributed by atoms with Crippen molar-refractivity contribution in [2.45, 2.75) is 46.1 Å². The van der Waals surface area contributed by atoms with E-state index >= 15 is 0 Å². The number of hydrogen-bond donors (Lipinski definition) is 0. The third-order valence-corrected chi connectivity index (χ3v) is 3.82. The summed E-state index contributed by atoms with van der Waals surface area (Å²) in [4.78, 5) is 5.03. The fraction of sp³-hybridized carbons (Fsp3) is 0.588. The second-order valence-electron chi connectivity index (χ2n) is 6.42. The van der Waals surface area contributed by atoms with E-state index in [0.29, 0.717) is 6.61 Å². The van der Waals surface area contributed by atoms with Gasteiger partial charge < -0.3 is 4.74 Å². The number of nitrogens with zero attached hydrogens (tertiary/aromatic N) is 1. The van der Waals surface area contributed by atoms with Gasteiger partial charge in [0.25, 0.3) is 0 Å². The zero-order valence-electron chi connectivity index (χ0n) is 12.6. The molecule has 0 aromatic heterocycles. The van der Waals surface area contributed by atoms with E-state index in [9.17, 15) is 0 Å². The van der Waals surface area contributed by atoms with Crippen LogP contribution in [0.5, 0.6) is 0 Å². The summed E-state index contributed by atoms with van der Waals surface area (Å²) in [5.41, 5.74) is 4.19. The molecule has 0 aliphatic heterocycles. The zero-order valence-corrected chi connectivity index (χ0v) is 12.6. The van der Waals surface area contributed by atoms with Crippen LogP contribution in [0.1, 0.15) is 44.7 Å². The van der Waals surface area contributed by atoms with Crippen molar-refractivity contribution in [3.63, 3.8) is 0 Å². The average Bonchev–Trinajstić information content (AvgIpc) is 2.37. The van der Waals surface area contributed by atoms with E-state index in [0.717, 1.165) is 6.42 Å². The van der Waals surface area contributed by atoms with Crippen molar-refractivity contribution in [1.82, 2.24) is 0 Å². The molecule has 1 atom stereocenters. The number of hydrogen-bond acceptors (Lipinski definition) is 2. The van der Waals surface area contributed by atoms with Gasteiger partial charge in [0.2, 0.25) is 0 Å². The lowest BCUT2D eigenvalue weighted by atomic mass is 9.86. The fourth-order valence-corrected chi connectivity index (χ4v) is 2.56. The molecule has 0 saturated carbocycles. The van der Waals surface area contributed by atoms with E-state index in [2.05, 4.69) is 45.0 Å². The van der Waals surface area contributed by atoms with Crippen LogP contribution in [0, 0.1) is 5.41 Å². The Hall–Kier alpha value is -1.15. The molecule has 0 bridgehead atoms. The first-order valence-electron chi connectivity index (χ1n) is 7.16. The molecule has 0 N–H and O–H groups in total. The summed E-state index contributed by atoms with van der Waals surface area (Å²) in [7, 11) is 1.76. The quantitative estimate of drug-likeness (QED) is 0.807. The molecule has 1 aromatic carbocycles. The van der Waals surface area contributed by atoms with Gasteiger partial charge in [-0.15, -0.1) is 0 Å². The average molecular weight is 259 g/mol. The molecule has 0 spiro atoms. The first kappa shape index (κ1) is 14.3. The Balaban J connectivity index is 2.33. The third-order valence-electron chi connectivity index (χ3n) is 3.82. The van der Waals surface area contributed by atoms with Gasteiger partial charge in [0.15, 0.2) is 0 Å². The minimum Gasteiger partial charge on any atom is -0.382 e. The van der Waals surface area contributed by atoms with Gasteiger partial charge in [-0.1, -0.05) is 45.0 Å². The Morgan fingerprint density at radius 1 is 1.21 bits per heavy atom. The van der Waals surface area contributed by atoms with Crippen LogP contribution in [0.2, 0.25) is 0 Å². The standard InChI is InChI=1S/C17H25NO/c1-17(2,3)16(12-19-4)18-15-11-7-9-13-8-5-6-10-14(13)15/h5-6,8,10,16H,7,9,11-12H2,1-4H3/t16-/m1/s1. The molecule has 2 nitrogen and oxygen atoms in total. The lowest BCUT2D eigenvalue weighted by molar-refractivity contribution is 0.136. The van der Waals surface area contributed by atoms with Gasteiger partial charge in [0.05, 0.1) is 12.6 Å². The fourth-order valence-electron chi connectivity index (χ4n) is 2.56. The number of aliphatic imine (C=N–C) groups is 1. The Labute approximate surface area is 116 Å². The van der Waals surface area contributed by atoms with E-state index in [1.807, 2.05) is 0 Å². The van der Waals surface area contributed by atoms with E-state index in [1.165, 1.54) is 29.7 Å². The molecule has 1 aromatic rings. The Morgan fingerprint density at radius 2 is 1.95 bits per heavy atom. The number of benzene rings is 1. The van der Waals surface area contributed by atoms with Crippen molar-refractivity contribution in [3.8, 4) is 0 Å². The molecule has 2 heteroatoms. The smallest absolute Gasteiger partial charge is 0.0784 e. The largest absolute Gasteiger partial charge is 0.382 e. The van der Waals surface area contributed by atoms with Crippen molar-refractivity contribution in [2.24, 2.45) is 10.4 Å². The number of ether oxygens (including phenoxy) is 1. The van der Waals surface area contributed by atoms with Crippen LogP contribution in [0.3, 0.4) is 0 Å². The van der Waals surface area contributed by atoms with Gasteiger partial charge >= 0.3 is 0 Å². The van der Waals surface area contributed by atoms with Crippen molar-refractivity contribution >= 4 is 5.71 Å². The van der Waals surface area contributed by atoms with E-state index in [4.69, 9.17) is 9.73 Å². The molecular formula is C17H25NO. The summed E-state index contributed by atoms with van der Waals surface area (Å²) in [6, 6.07) is 8.89. The van der Waals surface area contributed by atoms with Gasteiger partial charge in [0, 0.05) is 12.8 Å².